The molecule has 0 aliphatic heterocycles. The molecule has 0 unspecified atom stereocenters. The summed E-state index contributed by atoms with van der Waals surface area (Å²) in [6, 6.07) is 57.6. The van der Waals surface area contributed by atoms with Gasteiger partial charge in [-0.25, -0.2) is 15.0 Å². The van der Waals surface area contributed by atoms with Gasteiger partial charge in [-0.2, -0.15) is 0 Å². The summed E-state index contributed by atoms with van der Waals surface area (Å²) < 4.78 is 4.53. The molecule has 52 heavy (non-hydrogen) atoms. The van der Waals surface area contributed by atoms with E-state index in [1.807, 2.05) is 12.1 Å². The van der Waals surface area contributed by atoms with Crippen molar-refractivity contribution in [2.45, 2.75) is 13.3 Å². The molecule has 246 valence electrons. The molecule has 10 aromatic rings. The maximum atomic E-state index is 5.45. The maximum absolute atomic E-state index is 5.45. The Balaban J connectivity index is 1.12. The average molecular weight is 668 g/mol. The molecule has 0 fully saturated rings. The van der Waals surface area contributed by atoms with E-state index in [1.54, 1.807) is 0 Å². The number of nitrogens with zero attached hydrogens (tertiary/aromatic N) is 5. The molecule has 5 nitrogen and oxygen atoms in total. The van der Waals surface area contributed by atoms with Crippen LogP contribution in [0.3, 0.4) is 0 Å². The number of fused-ring (bicyclic) bond motifs is 6. The highest BCUT2D eigenvalue weighted by molar-refractivity contribution is 6.17. The second kappa shape index (κ2) is 12.2. The van der Waals surface area contributed by atoms with Crippen LogP contribution in [0.1, 0.15) is 12.7 Å². The van der Waals surface area contributed by atoms with Gasteiger partial charge < -0.3 is 0 Å². The summed E-state index contributed by atoms with van der Waals surface area (Å²) in [4.78, 5) is 15.5. The van der Waals surface area contributed by atoms with E-state index in [0.29, 0.717) is 0 Å². The van der Waals surface area contributed by atoms with Gasteiger partial charge in [-0.3, -0.25) is 8.97 Å². The molecule has 0 spiro atoms. The van der Waals surface area contributed by atoms with Crippen LogP contribution in [0.4, 0.5) is 0 Å². The molecule has 0 aliphatic carbocycles. The van der Waals surface area contributed by atoms with E-state index in [4.69, 9.17) is 15.0 Å². The zero-order valence-electron chi connectivity index (χ0n) is 28.6. The molecule has 0 bridgehead atoms. The van der Waals surface area contributed by atoms with E-state index >= 15 is 0 Å². The maximum Gasteiger partial charge on any atom is 0.146 e. The highest BCUT2D eigenvalue weighted by Crippen LogP contribution is 2.40. The molecule has 0 aliphatic rings. The van der Waals surface area contributed by atoms with Crippen molar-refractivity contribution in [3.05, 3.63) is 176 Å². The van der Waals surface area contributed by atoms with Gasteiger partial charge in [-0.05, 0) is 47.5 Å². The van der Waals surface area contributed by atoms with Crippen molar-refractivity contribution >= 4 is 38.4 Å². The second-order valence-electron chi connectivity index (χ2n) is 13.1. The van der Waals surface area contributed by atoms with Gasteiger partial charge in [0.2, 0.25) is 0 Å². The fourth-order valence-corrected chi connectivity index (χ4v) is 7.65. The van der Waals surface area contributed by atoms with Crippen molar-refractivity contribution in [1.82, 2.24) is 23.9 Å². The number of para-hydroxylation sites is 3. The summed E-state index contributed by atoms with van der Waals surface area (Å²) in [5.74, 6) is 1.06. The van der Waals surface area contributed by atoms with Gasteiger partial charge in [0.15, 0.2) is 0 Å². The predicted molar refractivity (Wildman–Crippen MR) is 214 cm³/mol. The van der Waals surface area contributed by atoms with Crippen LogP contribution in [-0.4, -0.2) is 23.9 Å². The minimum Gasteiger partial charge on any atom is -0.298 e. The number of hydrogen-bond acceptors (Lipinski definition) is 3. The minimum absolute atomic E-state index is 0.864. The lowest BCUT2D eigenvalue weighted by Gasteiger charge is -2.12. The van der Waals surface area contributed by atoms with E-state index in [0.717, 1.165) is 101 Å². The molecular formula is C47H33N5. The summed E-state index contributed by atoms with van der Waals surface area (Å²) >= 11 is 0. The third-order valence-corrected chi connectivity index (χ3v) is 10.1. The number of hydrogen-bond donors (Lipinski definition) is 0. The van der Waals surface area contributed by atoms with Crippen LogP contribution in [0.5, 0.6) is 0 Å². The van der Waals surface area contributed by atoms with Gasteiger partial charge in [0.05, 0.1) is 33.6 Å². The highest BCUT2D eigenvalue weighted by atomic mass is 15.1. The van der Waals surface area contributed by atoms with Crippen molar-refractivity contribution in [2.24, 2.45) is 0 Å². The Morgan fingerprint density at radius 2 is 1.06 bits per heavy atom. The number of pyridine rings is 2. The number of imidazole rings is 2. The molecular weight excluding hydrogens is 635 g/mol. The van der Waals surface area contributed by atoms with Gasteiger partial charge in [-0.1, -0.05) is 134 Å². The van der Waals surface area contributed by atoms with Crippen molar-refractivity contribution in [3.63, 3.8) is 0 Å². The van der Waals surface area contributed by atoms with Gasteiger partial charge in [0, 0.05) is 51.2 Å². The smallest absolute Gasteiger partial charge is 0.146 e. The monoisotopic (exact) mass is 667 g/mol. The molecule has 0 radical (unpaired) electrons. The molecule has 0 saturated carbocycles. The number of rotatable bonds is 6. The predicted octanol–water partition coefficient (Wildman–Crippen LogP) is 11.6. The quantitative estimate of drug-likeness (QED) is 0.166. The van der Waals surface area contributed by atoms with Crippen LogP contribution < -0.4 is 0 Å². The summed E-state index contributed by atoms with van der Waals surface area (Å²) in [7, 11) is 0. The van der Waals surface area contributed by atoms with Crippen molar-refractivity contribution in [1.29, 1.82) is 0 Å². The Morgan fingerprint density at radius 3 is 1.77 bits per heavy atom. The summed E-state index contributed by atoms with van der Waals surface area (Å²) in [6.45, 7) is 2.16. The van der Waals surface area contributed by atoms with Gasteiger partial charge in [0.25, 0.3) is 0 Å². The standard InChI is InChI=1S/C47H33N5/c1-2-42-48-40-19-11-12-20-41(40)52(42)36-27-25-32(26-28-36)31-21-23-35(24-22-31)46-45(34-15-7-4-8-16-34)50-47-43-37-17-9-10-18-39(37)49-44(33-13-5-3-6-14-33)38(43)29-30-51(46)47/h3-30H,2H2,1H3. The molecule has 0 saturated heterocycles. The first kappa shape index (κ1) is 30.0. The molecule has 5 heteroatoms. The van der Waals surface area contributed by atoms with Crippen LogP contribution in [0.15, 0.2) is 170 Å². The number of aryl methyl sites for hydroxylation is 1. The van der Waals surface area contributed by atoms with Crippen LogP contribution >= 0.6 is 0 Å². The Kier molecular flexibility index (Phi) is 7.03. The summed E-state index contributed by atoms with van der Waals surface area (Å²) in [5.41, 5.74) is 13.7. The van der Waals surface area contributed by atoms with Crippen LogP contribution in [-0.2, 0) is 6.42 Å². The molecule has 10 rings (SSSR count). The van der Waals surface area contributed by atoms with E-state index in [2.05, 4.69) is 174 Å². The first-order valence-electron chi connectivity index (χ1n) is 17.8. The van der Waals surface area contributed by atoms with E-state index in [-0.39, 0.29) is 0 Å². The van der Waals surface area contributed by atoms with Crippen molar-refractivity contribution in [3.8, 4) is 50.6 Å². The Morgan fingerprint density at radius 1 is 0.462 bits per heavy atom. The fourth-order valence-electron chi connectivity index (χ4n) is 7.65. The van der Waals surface area contributed by atoms with Crippen LogP contribution in [0.2, 0.25) is 0 Å². The highest BCUT2D eigenvalue weighted by Gasteiger charge is 2.21. The Hall–Kier alpha value is -6.85. The number of aromatic nitrogens is 5. The van der Waals surface area contributed by atoms with E-state index < -0.39 is 0 Å². The third-order valence-electron chi connectivity index (χ3n) is 10.1. The average Bonchev–Trinajstić information content (AvgIpc) is 3.80. The molecule has 6 aromatic carbocycles. The lowest BCUT2D eigenvalue weighted by Crippen LogP contribution is -1.99. The lowest BCUT2D eigenvalue weighted by atomic mass is 10.00. The van der Waals surface area contributed by atoms with E-state index in [1.165, 1.54) is 0 Å². The zero-order chi connectivity index (χ0) is 34.6. The lowest BCUT2D eigenvalue weighted by molar-refractivity contribution is 0.908. The largest absolute Gasteiger partial charge is 0.298 e. The summed E-state index contributed by atoms with van der Waals surface area (Å²) in [6.07, 6.45) is 3.02. The van der Waals surface area contributed by atoms with E-state index in [9.17, 15) is 0 Å². The summed E-state index contributed by atoms with van der Waals surface area (Å²) in [5, 5.41) is 3.28. The Bertz CT molecular complexity index is 2900. The first-order chi connectivity index (χ1) is 25.7. The van der Waals surface area contributed by atoms with Crippen molar-refractivity contribution in [2.75, 3.05) is 0 Å². The van der Waals surface area contributed by atoms with Crippen LogP contribution in [0.25, 0.3) is 88.9 Å². The fraction of sp³-hybridized carbons (Fsp3) is 0.0426. The number of benzene rings is 6. The SMILES string of the molecule is CCc1nc2ccccc2n1-c1ccc(-c2ccc(-c3c(-c4ccccc4)nc4c5c(ccn34)c(-c3ccccc3)nc3ccccc35)cc2)cc1. The third kappa shape index (κ3) is 4.82. The molecule has 0 atom stereocenters. The molecule has 0 N–H and O–H groups in total. The zero-order valence-corrected chi connectivity index (χ0v) is 28.6. The first-order valence-corrected chi connectivity index (χ1v) is 17.8. The van der Waals surface area contributed by atoms with Gasteiger partial charge in [-0.15, -0.1) is 0 Å². The minimum atomic E-state index is 0.864. The second-order valence-corrected chi connectivity index (χ2v) is 13.1. The normalized spacial score (nSPS) is 11.6. The van der Waals surface area contributed by atoms with Gasteiger partial charge >= 0.3 is 0 Å². The van der Waals surface area contributed by atoms with Crippen molar-refractivity contribution < 1.29 is 0 Å². The molecule has 0 amide bonds. The van der Waals surface area contributed by atoms with Gasteiger partial charge in [0.1, 0.15) is 11.5 Å². The molecule has 4 aromatic heterocycles. The molecule has 4 heterocycles. The van der Waals surface area contributed by atoms with Crippen LogP contribution in [0, 0.1) is 0 Å². The topological polar surface area (TPSA) is 48.0 Å². The Labute approximate surface area is 301 Å².